The number of nitrogens with one attached hydrogen (secondary N) is 1. The summed E-state index contributed by atoms with van der Waals surface area (Å²) in [5.74, 6) is 1.13. The Morgan fingerprint density at radius 2 is 1.81 bits per heavy atom. The third-order valence-corrected chi connectivity index (χ3v) is 10.4. The van der Waals surface area contributed by atoms with Crippen molar-refractivity contribution in [2.24, 2.45) is 7.05 Å². The second-order valence-electron chi connectivity index (χ2n) is 13.1. The molecule has 2 N–H and O–H groups in total. The highest BCUT2D eigenvalue weighted by molar-refractivity contribution is 5.75. The van der Waals surface area contributed by atoms with Crippen molar-refractivity contribution in [2.75, 3.05) is 61.1 Å². The normalized spacial score (nSPS) is 18.5. The number of aryl methyl sites for hydroxylation is 1. The molecule has 8 rings (SSSR count). The van der Waals surface area contributed by atoms with Gasteiger partial charge in [-0.05, 0) is 55.5 Å². The summed E-state index contributed by atoms with van der Waals surface area (Å²) >= 11 is 0. The van der Waals surface area contributed by atoms with Crippen LogP contribution in [-0.4, -0.2) is 81.1 Å². The standard InChI is InChI=1S/C35H41FN8O3/c1-40-18-23(16-29(35(40)46)39-32-7-6-24(17-38-32)41-10-12-42(13-11-41)25-21-47-22-25)26-8-9-37-34(28(26)20-45)43-14-15-44-30-5-3-2-4-27(30)33(36)31(44)19-43/h6-9,16-18,25,45H,2-5,10-15,19-22H2,1H3,(H,38,39). The summed E-state index contributed by atoms with van der Waals surface area (Å²) in [6.07, 6.45) is 9.20. The van der Waals surface area contributed by atoms with E-state index in [2.05, 4.69) is 34.6 Å². The number of hydrogen-bond donors (Lipinski definition) is 2. The molecule has 0 bridgehead atoms. The molecule has 4 aromatic heterocycles. The molecule has 11 nitrogen and oxygen atoms in total. The zero-order valence-corrected chi connectivity index (χ0v) is 26.8. The molecule has 2 saturated heterocycles. The van der Waals surface area contributed by atoms with E-state index in [9.17, 15) is 9.90 Å². The third-order valence-electron chi connectivity index (χ3n) is 10.4. The molecule has 7 heterocycles. The topological polar surface area (TPSA) is 104 Å². The fourth-order valence-electron chi connectivity index (χ4n) is 7.66. The van der Waals surface area contributed by atoms with Gasteiger partial charge in [-0.1, -0.05) is 0 Å². The number of piperazine rings is 1. The molecule has 0 aromatic carbocycles. The van der Waals surface area contributed by atoms with Gasteiger partial charge in [0.2, 0.25) is 0 Å². The second kappa shape index (κ2) is 12.4. The van der Waals surface area contributed by atoms with Gasteiger partial charge >= 0.3 is 0 Å². The first kappa shape index (κ1) is 30.1. The Morgan fingerprint density at radius 1 is 1.00 bits per heavy atom. The summed E-state index contributed by atoms with van der Waals surface area (Å²) in [4.78, 5) is 29.4. The molecule has 0 amide bonds. The van der Waals surface area contributed by atoms with Crippen LogP contribution in [0.15, 0.2) is 47.7 Å². The van der Waals surface area contributed by atoms with Crippen LogP contribution in [0.5, 0.6) is 0 Å². The number of aliphatic hydroxyl groups is 1. The van der Waals surface area contributed by atoms with E-state index < -0.39 is 0 Å². The van der Waals surface area contributed by atoms with Crippen LogP contribution in [0.2, 0.25) is 0 Å². The van der Waals surface area contributed by atoms with Gasteiger partial charge in [0, 0.05) is 81.1 Å². The lowest BCUT2D eigenvalue weighted by Gasteiger charge is -2.43. The zero-order chi connectivity index (χ0) is 32.1. The summed E-state index contributed by atoms with van der Waals surface area (Å²) in [5, 5.41) is 13.9. The molecule has 4 aliphatic rings. The molecule has 12 heteroatoms. The molecular formula is C35H41FN8O3. The maximum Gasteiger partial charge on any atom is 0.274 e. The van der Waals surface area contributed by atoms with Crippen LogP contribution >= 0.6 is 0 Å². The van der Waals surface area contributed by atoms with Gasteiger partial charge in [0.15, 0.2) is 0 Å². The lowest BCUT2D eigenvalue weighted by Crippen LogP contribution is -2.56. The van der Waals surface area contributed by atoms with Crippen molar-refractivity contribution in [3.05, 3.63) is 81.5 Å². The van der Waals surface area contributed by atoms with Gasteiger partial charge in [0.05, 0.1) is 50.0 Å². The molecule has 0 spiro atoms. The van der Waals surface area contributed by atoms with Gasteiger partial charge < -0.3 is 34.1 Å². The first-order valence-corrected chi connectivity index (χ1v) is 16.7. The number of anilines is 4. The minimum absolute atomic E-state index is 0.0800. The minimum atomic E-state index is -0.244. The summed E-state index contributed by atoms with van der Waals surface area (Å²) in [6.45, 7) is 7.08. The van der Waals surface area contributed by atoms with Crippen LogP contribution in [0, 0.1) is 5.82 Å². The van der Waals surface area contributed by atoms with Crippen LogP contribution in [0.3, 0.4) is 0 Å². The number of rotatable bonds is 7. The lowest BCUT2D eigenvalue weighted by atomic mass is 9.97. The lowest BCUT2D eigenvalue weighted by molar-refractivity contribution is -0.0660. The number of aromatic nitrogens is 4. The van der Waals surface area contributed by atoms with Gasteiger partial charge in [-0.25, -0.2) is 14.4 Å². The van der Waals surface area contributed by atoms with Gasteiger partial charge in [0.25, 0.3) is 5.56 Å². The number of pyridine rings is 3. The molecule has 0 unspecified atom stereocenters. The van der Waals surface area contributed by atoms with Gasteiger partial charge in [-0.2, -0.15) is 0 Å². The summed E-state index contributed by atoms with van der Waals surface area (Å²) < 4.78 is 24.6. The summed E-state index contributed by atoms with van der Waals surface area (Å²) in [6, 6.07) is 8.16. The number of ether oxygens (including phenoxy) is 1. The van der Waals surface area contributed by atoms with Crippen molar-refractivity contribution < 1.29 is 14.2 Å². The number of fused-ring (bicyclic) bond motifs is 3. The monoisotopic (exact) mass is 640 g/mol. The Balaban J connectivity index is 1.03. The van der Waals surface area contributed by atoms with E-state index in [1.54, 1.807) is 25.5 Å². The average Bonchev–Trinajstić information content (AvgIpc) is 3.37. The fraction of sp³-hybridized carbons (Fsp3) is 0.457. The molecule has 0 atom stereocenters. The van der Waals surface area contributed by atoms with E-state index >= 15 is 4.39 Å². The fourth-order valence-corrected chi connectivity index (χ4v) is 7.66. The first-order valence-electron chi connectivity index (χ1n) is 16.7. The van der Waals surface area contributed by atoms with Crippen molar-refractivity contribution in [3.8, 4) is 11.1 Å². The molecule has 3 aliphatic heterocycles. The van der Waals surface area contributed by atoms with E-state index in [0.717, 1.165) is 93.1 Å². The molecule has 0 radical (unpaired) electrons. The van der Waals surface area contributed by atoms with Crippen LogP contribution in [0.4, 0.5) is 27.4 Å². The smallest absolute Gasteiger partial charge is 0.274 e. The van der Waals surface area contributed by atoms with Crippen molar-refractivity contribution in [1.82, 2.24) is 24.0 Å². The van der Waals surface area contributed by atoms with Crippen LogP contribution < -0.4 is 20.7 Å². The third kappa shape index (κ3) is 5.47. The molecule has 47 heavy (non-hydrogen) atoms. The maximum atomic E-state index is 15.5. The number of aliphatic hydroxyl groups excluding tert-OH is 1. The second-order valence-corrected chi connectivity index (χ2v) is 13.1. The molecule has 0 saturated carbocycles. The minimum Gasteiger partial charge on any atom is -0.392 e. The Morgan fingerprint density at radius 3 is 2.55 bits per heavy atom. The Hall–Kier alpha value is -4.26. The van der Waals surface area contributed by atoms with Gasteiger partial charge in [0.1, 0.15) is 23.1 Å². The van der Waals surface area contributed by atoms with E-state index in [1.807, 2.05) is 24.4 Å². The molecule has 2 fully saturated rings. The quantitative estimate of drug-likeness (QED) is 0.315. The van der Waals surface area contributed by atoms with Gasteiger partial charge in [-0.3, -0.25) is 9.69 Å². The van der Waals surface area contributed by atoms with E-state index in [-0.39, 0.29) is 18.0 Å². The summed E-state index contributed by atoms with van der Waals surface area (Å²) in [7, 11) is 1.72. The largest absolute Gasteiger partial charge is 0.392 e. The van der Waals surface area contributed by atoms with E-state index in [1.165, 1.54) is 4.57 Å². The average molecular weight is 641 g/mol. The molecule has 1 aliphatic carbocycles. The predicted molar refractivity (Wildman–Crippen MR) is 179 cm³/mol. The van der Waals surface area contributed by atoms with Crippen molar-refractivity contribution >= 4 is 23.0 Å². The highest BCUT2D eigenvalue weighted by atomic mass is 19.1. The molecule has 4 aromatic rings. The van der Waals surface area contributed by atoms with Crippen molar-refractivity contribution in [2.45, 2.75) is 51.4 Å². The maximum absolute atomic E-state index is 15.5. The highest BCUT2D eigenvalue weighted by Gasteiger charge is 2.31. The molecule has 246 valence electrons. The number of nitrogens with zero attached hydrogens (tertiary/aromatic N) is 7. The SMILES string of the molecule is Cn1cc(-c2ccnc(N3CCn4c(c(F)c5c4CCCC5)C3)c2CO)cc(Nc2ccc(N3CCN(C4COC4)CC3)cn2)c1=O. The Labute approximate surface area is 273 Å². The Kier molecular flexibility index (Phi) is 7.94. The number of halogens is 1. The van der Waals surface area contributed by atoms with E-state index in [0.29, 0.717) is 54.3 Å². The highest BCUT2D eigenvalue weighted by Crippen LogP contribution is 2.36. The Bertz CT molecular complexity index is 1840. The van der Waals surface area contributed by atoms with Crippen LogP contribution in [-0.2, 0) is 44.3 Å². The summed E-state index contributed by atoms with van der Waals surface area (Å²) in [5.41, 5.74) is 6.17. The van der Waals surface area contributed by atoms with Crippen LogP contribution in [0.1, 0.15) is 35.4 Å². The van der Waals surface area contributed by atoms with Crippen molar-refractivity contribution in [1.29, 1.82) is 0 Å². The predicted octanol–water partition coefficient (Wildman–Crippen LogP) is 3.44. The van der Waals surface area contributed by atoms with Crippen LogP contribution in [0.25, 0.3) is 11.1 Å². The zero-order valence-electron chi connectivity index (χ0n) is 26.8. The van der Waals surface area contributed by atoms with Gasteiger partial charge in [-0.15, -0.1) is 0 Å². The number of hydrogen-bond acceptors (Lipinski definition) is 9. The molecular weight excluding hydrogens is 599 g/mol. The van der Waals surface area contributed by atoms with Crippen molar-refractivity contribution in [3.63, 3.8) is 0 Å². The first-order chi connectivity index (χ1) is 23.0. The van der Waals surface area contributed by atoms with E-state index in [4.69, 9.17) is 4.74 Å².